The number of rotatable bonds is 5. The minimum Gasteiger partial charge on any atom is -0.385 e. The van der Waals surface area contributed by atoms with E-state index in [0.29, 0.717) is 5.92 Å². The van der Waals surface area contributed by atoms with E-state index in [9.17, 15) is 0 Å². The standard InChI is InChI=1S/C34H38NO/c1-8-28-25(14-16-36-7)30-24-12-10-9-11-22(24)19-27-31(30)32-29-23(13-15-35(28)32)17-21(20-33(2,3)4)18-26(29)34(27,5)6/h8-13,15,17-19,25,28H,1,14,16,20H2,2-7H3/q+1. The first-order valence-corrected chi connectivity index (χ1v) is 13.3. The predicted molar refractivity (Wildman–Crippen MR) is 151 cm³/mol. The lowest BCUT2D eigenvalue weighted by molar-refractivity contribution is -0.706. The van der Waals surface area contributed by atoms with Crippen molar-refractivity contribution in [1.29, 1.82) is 0 Å². The number of fused-ring (bicyclic) bond motifs is 2. The van der Waals surface area contributed by atoms with E-state index in [-0.39, 0.29) is 16.9 Å². The Morgan fingerprint density at radius 1 is 1.03 bits per heavy atom. The second kappa shape index (κ2) is 8.02. The Kier molecular flexibility index (Phi) is 5.22. The van der Waals surface area contributed by atoms with Gasteiger partial charge in [0.2, 0.25) is 5.69 Å². The van der Waals surface area contributed by atoms with Crippen LogP contribution < -0.4 is 4.57 Å². The molecule has 184 valence electrons. The molecule has 2 heteroatoms. The molecule has 0 amide bonds. The molecule has 2 atom stereocenters. The van der Waals surface area contributed by atoms with Crippen molar-refractivity contribution in [2.75, 3.05) is 13.7 Å². The summed E-state index contributed by atoms with van der Waals surface area (Å²) < 4.78 is 8.13. The zero-order chi connectivity index (χ0) is 25.4. The number of hydrogen-bond donors (Lipinski definition) is 0. The largest absolute Gasteiger partial charge is 0.385 e. The lowest BCUT2D eigenvalue weighted by Crippen LogP contribution is -2.48. The van der Waals surface area contributed by atoms with Crippen LogP contribution in [0.5, 0.6) is 0 Å². The summed E-state index contributed by atoms with van der Waals surface area (Å²) in [6, 6.07) is 18.9. The van der Waals surface area contributed by atoms with Crippen molar-refractivity contribution in [2.24, 2.45) is 5.41 Å². The van der Waals surface area contributed by atoms with Gasteiger partial charge >= 0.3 is 0 Å². The summed E-state index contributed by atoms with van der Waals surface area (Å²) in [5.41, 5.74) is 8.78. The number of nitrogens with zero attached hydrogens (tertiary/aromatic N) is 1. The number of aromatic nitrogens is 1. The second-order valence-corrected chi connectivity index (χ2v) is 12.6. The van der Waals surface area contributed by atoms with Crippen molar-refractivity contribution in [3.05, 3.63) is 89.6 Å². The number of pyridine rings is 1. The molecule has 36 heavy (non-hydrogen) atoms. The zero-order valence-electron chi connectivity index (χ0n) is 22.6. The van der Waals surface area contributed by atoms with Gasteiger partial charge in [0, 0.05) is 25.2 Å². The fourth-order valence-electron chi connectivity index (χ4n) is 7.05. The van der Waals surface area contributed by atoms with Crippen LogP contribution in [0, 0.1) is 5.41 Å². The zero-order valence-corrected chi connectivity index (χ0v) is 22.6. The van der Waals surface area contributed by atoms with E-state index in [2.05, 4.69) is 107 Å². The molecule has 4 aromatic rings. The van der Waals surface area contributed by atoms with Crippen LogP contribution in [0.1, 0.15) is 75.3 Å². The first-order valence-electron chi connectivity index (χ1n) is 13.3. The molecule has 3 aromatic carbocycles. The summed E-state index contributed by atoms with van der Waals surface area (Å²) in [7, 11) is 1.81. The number of methoxy groups -OCH3 is 1. The smallest absolute Gasteiger partial charge is 0.221 e. The molecule has 0 spiro atoms. The van der Waals surface area contributed by atoms with Crippen molar-refractivity contribution >= 4 is 21.5 Å². The quantitative estimate of drug-likeness (QED) is 0.210. The first-order chi connectivity index (χ1) is 17.2. The third kappa shape index (κ3) is 3.30. The topological polar surface area (TPSA) is 13.1 Å². The van der Waals surface area contributed by atoms with Gasteiger partial charge in [-0.1, -0.05) is 77.6 Å². The SMILES string of the molecule is C=CC1C(CCOC)c2c3c(cc4ccccc24)C(C)(C)c2cc(CC(C)(C)C)cc4cc[n+]1c-3c24. The van der Waals surface area contributed by atoms with Crippen LogP contribution >= 0.6 is 0 Å². The molecule has 2 aliphatic rings. The first kappa shape index (κ1) is 23.4. The fraction of sp³-hybridized carbons (Fsp3) is 0.382. The highest BCUT2D eigenvalue weighted by Crippen LogP contribution is 2.55. The number of allylic oxidation sites excluding steroid dienone is 1. The van der Waals surface area contributed by atoms with Crippen molar-refractivity contribution in [3.63, 3.8) is 0 Å². The Labute approximate surface area is 215 Å². The summed E-state index contributed by atoms with van der Waals surface area (Å²) in [4.78, 5) is 0. The normalized spacial score (nSPS) is 19.6. The molecule has 1 aromatic heterocycles. The molecular formula is C34H38NO+. The molecule has 1 aliphatic carbocycles. The van der Waals surface area contributed by atoms with E-state index in [4.69, 9.17) is 4.74 Å². The Bertz CT molecular complexity index is 1540. The van der Waals surface area contributed by atoms with Crippen LogP contribution in [0.3, 0.4) is 0 Å². The molecule has 6 rings (SSSR count). The van der Waals surface area contributed by atoms with Crippen LogP contribution in [-0.2, 0) is 16.6 Å². The lowest BCUT2D eigenvalue weighted by atomic mass is 9.64. The Hall–Kier alpha value is -2.97. The van der Waals surface area contributed by atoms with Gasteiger partial charge in [0.1, 0.15) is 0 Å². The van der Waals surface area contributed by atoms with Gasteiger partial charge in [0.25, 0.3) is 0 Å². The maximum atomic E-state index is 5.62. The van der Waals surface area contributed by atoms with Gasteiger partial charge < -0.3 is 4.74 Å². The average Bonchev–Trinajstić information content (AvgIpc) is 2.83. The van der Waals surface area contributed by atoms with Crippen molar-refractivity contribution in [2.45, 2.75) is 64.8 Å². The van der Waals surface area contributed by atoms with E-state index < -0.39 is 0 Å². The van der Waals surface area contributed by atoms with E-state index in [1.54, 1.807) is 0 Å². The molecule has 2 heterocycles. The van der Waals surface area contributed by atoms with Crippen LogP contribution in [0.25, 0.3) is 32.8 Å². The van der Waals surface area contributed by atoms with Gasteiger partial charge in [0.15, 0.2) is 12.2 Å². The molecule has 1 aliphatic heterocycles. The highest BCUT2D eigenvalue weighted by molar-refractivity contribution is 6.05. The van der Waals surface area contributed by atoms with Crippen LogP contribution in [0.2, 0.25) is 0 Å². The van der Waals surface area contributed by atoms with Crippen molar-refractivity contribution < 1.29 is 9.30 Å². The van der Waals surface area contributed by atoms with Gasteiger partial charge in [-0.15, -0.1) is 0 Å². The highest BCUT2D eigenvalue weighted by Gasteiger charge is 2.47. The van der Waals surface area contributed by atoms with Crippen LogP contribution in [-0.4, -0.2) is 13.7 Å². The maximum Gasteiger partial charge on any atom is 0.221 e. The van der Waals surface area contributed by atoms with Crippen LogP contribution in [0.15, 0.2) is 67.4 Å². The fourth-order valence-corrected chi connectivity index (χ4v) is 7.05. The Balaban J connectivity index is 1.78. The molecule has 0 fully saturated rings. The second-order valence-electron chi connectivity index (χ2n) is 12.6. The molecule has 0 bridgehead atoms. The van der Waals surface area contributed by atoms with Gasteiger partial charge in [-0.2, -0.15) is 4.57 Å². The summed E-state index contributed by atoms with van der Waals surface area (Å²) in [6.07, 6.45) is 6.51. The number of hydrogen-bond acceptors (Lipinski definition) is 1. The van der Waals surface area contributed by atoms with Crippen molar-refractivity contribution in [1.82, 2.24) is 0 Å². The lowest BCUT2D eigenvalue weighted by Gasteiger charge is -2.40. The average molecular weight is 477 g/mol. The van der Waals surface area contributed by atoms with Crippen LogP contribution in [0.4, 0.5) is 0 Å². The number of benzene rings is 3. The van der Waals surface area contributed by atoms with E-state index >= 15 is 0 Å². The number of ether oxygens (including phenoxy) is 1. The molecule has 2 nitrogen and oxygen atoms in total. The molecule has 0 saturated carbocycles. The summed E-state index contributed by atoms with van der Waals surface area (Å²) in [5.74, 6) is 0.315. The van der Waals surface area contributed by atoms with Gasteiger partial charge in [-0.3, -0.25) is 0 Å². The molecule has 0 saturated heterocycles. The molecular weight excluding hydrogens is 438 g/mol. The minimum atomic E-state index is -0.0980. The van der Waals surface area contributed by atoms with Crippen molar-refractivity contribution in [3.8, 4) is 11.3 Å². The molecule has 0 N–H and O–H groups in total. The van der Waals surface area contributed by atoms with Gasteiger partial charge in [-0.25, -0.2) is 0 Å². The summed E-state index contributed by atoms with van der Waals surface area (Å²) in [6.45, 7) is 16.9. The summed E-state index contributed by atoms with van der Waals surface area (Å²) >= 11 is 0. The maximum absolute atomic E-state index is 5.62. The van der Waals surface area contributed by atoms with E-state index in [1.807, 2.05) is 7.11 Å². The van der Waals surface area contributed by atoms with E-state index in [0.717, 1.165) is 19.4 Å². The third-order valence-corrected chi connectivity index (χ3v) is 8.52. The van der Waals surface area contributed by atoms with Gasteiger partial charge in [-0.05, 0) is 68.8 Å². The Morgan fingerprint density at radius 3 is 2.53 bits per heavy atom. The summed E-state index contributed by atoms with van der Waals surface area (Å²) in [5, 5.41) is 5.48. The Morgan fingerprint density at radius 2 is 1.81 bits per heavy atom. The van der Waals surface area contributed by atoms with E-state index in [1.165, 1.54) is 55.1 Å². The minimum absolute atomic E-state index is 0.0980. The monoisotopic (exact) mass is 476 g/mol. The van der Waals surface area contributed by atoms with Gasteiger partial charge in [0.05, 0.1) is 16.9 Å². The highest BCUT2D eigenvalue weighted by atomic mass is 16.5. The molecule has 2 unspecified atom stereocenters. The molecule has 0 radical (unpaired) electrons. The third-order valence-electron chi connectivity index (χ3n) is 8.52. The predicted octanol–water partition coefficient (Wildman–Crippen LogP) is 8.04.